The molecule has 1 aliphatic heterocycles. The normalized spacial score (nSPS) is 31.7. The summed E-state index contributed by atoms with van der Waals surface area (Å²) in [4.78, 5) is 8.78. The Hall–Kier alpha value is -1.62. The molecule has 3 aliphatic rings. The van der Waals surface area contributed by atoms with Gasteiger partial charge < -0.3 is 15.4 Å². The highest BCUT2D eigenvalue weighted by atomic mass is 16.5. The van der Waals surface area contributed by atoms with E-state index in [0.29, 0.717) is 30.0 Å². The SMILES string of the molecule is CN=C(NCc1ccccn1)NC1C2CCOC2C12CCCC2. The lowest BCUT2D eigenvalue weighted by atomic mass is 9.54. The summed E-state index contributed by atoms with van der Waals surface area (Å²) in [6.07, 6.45) is 8.76. The molecule has 1 aromatic rings. The van der Waals surface area contributed by atoms with E-state index in [1.807, 2.05) is 31.4 Å². The van der Waals surface area contributed by atoms with E-state index >= 15 is 0 Å². The number of nitrogens with one attached hydrogen (secondary N) is 2. The predicted octanol–water partition coefficient (Wildman–Crippen LogP) is 2.09. The number of hydrogen-bond donors (Lipinski definition) is 2. The van der Waals surface area contributed by atoms with Crippen LogP contribution in [0.1, 0.15) is 37.8 Å². The second-order valence-corrected chi connectivity index (χ2v) is 7.05. The summed E-state index contributed by atoms with van der Waals surface area (Å²) in [5, 5.41) is 7.12. The molecule has 1 aromatic heterocycles. The van der Waals surface area contributed by atoms with Crippen molar-refractivity contribution in [3.8, 4) is 0 Å². The Labute approximate surface area is 137 Å². The number of fused-ring (bicyclic) bond motifs is 2. The Bertz CT molecular complexity index is 568. The van der Waals surface area contributed by atoms with E-state index in [4.69, 9.17) is 4.74 Å². The van der Waals surface area contributed by atoms with Crippen molar-refractivity contribution in [3.05, 3.63) is 30.1 Å². The molecule has 0 amide bonds. The Kier molecular flexibility index (Phi) is 3.97. The molecule has 0 radical (unpaired) electrons. The third-order valence-corrected chi connectivity index (χ3v) is 5.97. The fraction of sp³-hybridized carbons (Fsp3) is 0.667. The molecular weight excluding hydrogens is 288 g/mol. The van der Waals surface area contributed by atoms with Crippen LogP contribution in [0.4, 0.5) is 0 Å². The zero-order valence-corrected chi connectivity index (χ0v) is 13.8. The third-order valence-electron chi connectivity index (χ3n) is 5.97. The highest BCUT2D eigenvalue weighted by molar-refractivity contribution is 5.80. The minimum atomic E-state index is 0.351. The number of nitrogens with zero attached hydrogens (tertiary/aromatic N) is 2. The van der Waals surface area contributed by atoms with Crippen molar-refractivity contribution in [2.24, 2.45) is 16.3 Å². The Morgan fingerprint density at radius 2 is 2.26 bits per heavy atom. The van der Waals surface area contributed by atoms with Gasteiger partial charge in [-0.25, -0.2) is 0 Å². The topological polar surface area (TPSA) is 58.5 Å². The Morgan fingerprint density at radius 3 is 3.00 bits per heavy atom. The summed E-state index contributed by atoms with van der Waals surface area (Å²) >= 11 is 0. The quantitative estimate of drug-likeness (QED) is 0.662. The Morgan fingerprint density at radius 1 is 1.39 bits per heavy atom. The molecule has 4 rings (SSSR count). The minimum absolute atomic E-state index is 0.351. The van der Waals surface area contributed by atoms with Crippen molar-refractivity contribution in [1.29, 1.82) is 0 Å². The zero-order valence-electron chi connectivity index (χ0n) is 13.8. The lowest BCUT2D eigenvalue weighted by molar-refractivity contribution is -0.125. The molecule has 124 valence electrons. The Balaban J connectivity index is 1.41. The van der Waals surface area contributed by atoms with Crippen molar-refractivity contribution >= 4 is 5.96 Å². The van der Waals surface area contributed by atoms with Crippen LogP contribution in [0, 0.1) is 11.3 Å². The van der Waals surface area contributed by atoms with Crippen LogP contribution in [0.5, 0.6) is 0 Å². The maximum Gasteiger partial charge on any atom is 0.191 e. The van der Waals surface area contributed by atoms with Crippen molar-refractivity contribution in [2.45, 2.75) is 50.8 Å². The van der Waals surface area contributed by atoms with Gasteiger partial charge in [-0.2, -0.15) is 0 Å². The number of aliphatic imine (C=N–C) groups is 1. The molecule has 23 heavy (non-hydrogen) atoms. The molecule has 1 spiro atoms. The number of ether oxygens (including phenoxy) is 1. The van der Waals surface area contributed by atoms with Gasteiger partial charge in [-0.05, 0) is 31.4 Å². The van der Waals surface area contributed by atoms with Gasteiger partial charge >= 0.3 is 0 Å². The summed E-state index contributed by atoms with van der Waals surface area (Å²) in [6, 6.07) is 6.49. The van der Waals surface area contributed by atoms with E-state index in [1.165, 1.54) is 32.1 Å². The monoisotopic (exact) mass is 314 g/mol. The lowest BCUT2D eigenvalue weighted by Gasteiger charge is -2.57. The zero-order chi connectivity index (χ0) is 15.7. The van der Waals surface area contributed by atoms with Crippen molar-refractivity contribution < 1.29 is 4.74 Å². The molecule has 2 N–H and O–H groups in total. The van der Waals surface area contributed by atoms with Gasteiger partial charge in [-0.1, -0.05) is 18.9 Å². The van der Waals surface area contributed by atoms with Crippen LogP contribution in [0.2, 0.25) is 0 Å². The molecule has 0 aromatic carbocycles. The summed E-state index contributed by atoms with van der Waals surface area (Å²) < 4.78 is 6.05. The lowest BCUT2D eigenvalue weighted by Crippen LogP contribution is -2.69. The van der Waals surface area contributed by atoms with Crippen LogP contribution in [0.15, 0.2) is 29.4 Å². The molecule has 3 unspecified atom stereocenters. The second-order valence-electron chi connectivity index (χ2n) is 7.05. The van der Waals surface area contributed by atoms with Crippen LogP contribution < -0.4 is 10.6 Å². The molecule has 5 nitrogen and oxygen atoms in total. The van der Waals surface area contributed by atoms with E-state index in [9.17, 15) is 0 Å². The first kappa shape index (κ1) is 14.9. The molecule has 1 saturated heterocycles. The highest BCUT2D eigenvalue weighted by Crippen LogP contribution is 2.60. The highest BCUT2D eigenvalue weighted by Gasteiger charge is 2.65. The van der Waals surface area contributed by atoms with Gasteiger partial charge in [0.25, 0.3) is 0 Å². The van der Waals surface area contributed by atoms with Crippen molar-refractivity contribution in [1.82, 2.24) is 15.6 Å². The number of hydrogen-bond acceptors (Lipinski definition) is 3. The molecule has 2 heterocycles. The van der Waals surface area contributed by atoms with Gasteiger partial charge in [0.2, 0.25) is 0 Å². The maximum atomic E-state index is 6.05. The van der Waals surface area contributed by atoms with E-state index in [1.54, 1.807) is 0 Å². The molecule has 3 fully saturated rings. The number of guanidine groups is 1. The first-order valence-corrected chi connectivity index (χ1v) is 8.82. The molecule has 2 saturated carbocycles. The van der Waals surface area contributed by atoms with Gasteiger partial charge in [0.1, 0.15) is 0 Å². The molecule has 2 aliphatic carbocycles. The van der Waals surface area contributed by atoms with E-state index in [0.717, 1.165) is 18.3 Å². The van der Waals surface area contributed by atoms with E-state index in [2.05, 4.69) is 20.6 Å². The molecular formula is C18H26N4O. The summed E-state index contributed by atoms with van der Waals surface area (Å²) in [6.45, 7) is 1.63. The summed E-state index contributed by atoms with van der Waals surface area (Å²) in [5.41, 5.74) is 1.38. The number of rotatable bonds is 3. The van der Waals surface area contributed by atoms with Crippen LogP contribution in [-0.2, 0) is 11.3 Å². The van der Waals surface area contributed by atoms with Gasteiger partial charge in [-0.3, -0.25) is 9.98 Å². The van der Waals surface area contributed by atoms with Crippen LogP contribution >= 0.6 is 0 Å². The maximum absolute atomic E-state index is 6.05. The van der Waals surface area contributed by atoms with Gasteiger partial charge in [0.05, 0.1) is 18.3 Å². The van der Waals surface area contributed by atoms with E-state index in [-0.39, 0.29) is 0 Å². The van der Waals surface area contributed by atoms with Crippen LogP contribution in [-0.4, -0.2) is 36.7 Å². The van der Waals surface area contributed by atoms with E-state index < -0.39 is 0 Å². The first-order chi connectivity index (χ1) is 11.3. The van der Waals surface area contributed by atoms with Gasteiger partial charge in [-0.15, -0.1) is 0 Å². The third kappa shape index (κ3) is 2.51. The molecule has 5 heteroatoms. The molecule has 3 atom stereocenters. The standard InChI is InChI=1S/C18H26N4O/c1-19-17(21-12-13-6-2-5-10-20-13)22-15-14-7-11-23-16(14)18(15)8-3-4-9-18/h2,5-6,10,14-16H,3-4,7-9,11-12H2,1H3,(H2,19,21,22). The average molecular weight is 314 g/mol. The second kappa shape index (κ2) is 6.11. The largest absolute Gasteiger partial charge is 0.377 e. The van der Waals surface area contributed by atoms with Gasteiger partial charge in [0.15, 0.2) is 5.96 Å². The van der Waals surface area contributed by atoms with Gasteiger partial charge in [0, 0.05) is 37.2 Å². The summed E-state index contributed by atoms with van der Waals surface area (Å²) in [5.74, 6) is 1.54. The molecule has 0 bridgehead atoms. The fourth-order valence-electron chi connectivity index (χ4n) is 4.92. The predicted molar refractivity (Wildman–Crippen MR) is 90.1 cm³/mol. The number of aromatic nitrogens is 1. The average Bonchev–Trinajstić information content (AvgIpc) is 3.24. The summed E-state index contributed by atoms with van der Waals surface area (Å²) in [7, 11) is 1.84. The first-order valence-electron chi connectivity index (χ1n) is 8.82. The smallest absolute Gasteiger partial charge is 0.191 e. The fourth-order valence-corrected chi connectivity index (χ4v) is 4.92. The minimum Gasteiger partial charge on any atom is -0.377 e. The van der Waals surface area contributed by atoms with Crippen molar-refractivity contribution in [3.63, 3.8) is 0 Å². The van der Waals surface area contributed by atoms with Crippen LogP contribution in [0.25, 0.3) is 0 Å². The van der Waals surface area contributed by atoms with Crippen molar-refractivity contribution in [2.75, 3.05) is 13.7 Å². The van der Waals surface area contributed by atoms with Crippen LogP contribution in [0.3, 0.4) is 0 Å². The number of pyridine rings is 1.